The second-order valence-corrected chi connectivity index (χ2v) is 5.92. The summed E-state index contributed by atoms with van der Waals surface area (Å²) in [4.78, 5) is 0. The van der Waals surface area contributed by atoms with Crippen LogP contribution in [0.2, 0.25) is 0 Å². The van der Waals surface area contributed by atoms with Gasteiger partial charge in [-0.2, -0.15) is 13.2 Å². The molecule has 0 saturated carbocycles. The summed E-state index contributed by atoms with van der Waals surface area (Å²) in [7, 11) is 0. The van der Waals surface area contributed by atoms with Crippen molar-refractivity contribution < 1.29 is 13.2 Å². The van der Waals surface area contributed by atoms with Crippen LogP contribution in [0.5, 0.6) is 0 Å². The van der Waals surface area contributed by atoms with Crippen molar-refractivity contribution in [3.8, 4) is 22.3 Å². The molecule has 0 aromatic heterocycles. The third kappa shape index (κ3) is 3.21. The predicted molar refractivity (Wildman–Crippen MR) is 91.8 cm³/mol. The number of aryl methyl sites for hydroxylation is 1. The van der Waals surface area contributed by atoms with Gasteiger partial charge in [-0.25, -0.2) is 0 Å². The van der Waals surface area contributed by atoms with E-state index in [1.807, 2.05) is 32.0 Å². The van der Waals surface area contributed by atoms with E-state index < -0.39 is 11.7 Å². The SMILES string of the molecule is Cc1ccc(-c2cccc(-c3ccc(C(F)(F)F)cc3)c2C)cc1. The van der Waals surface area contributed by atoms with Gasteiger partial charge in [-0.05, 0) is 53.8 Å². The highest BCUT2D eigenvalue weighted by Crippen LogP contribution is 2.34. The maximum Gasteiger partial charge on any atom is 0.416 e. The van der Waals surface area contributed by atoms with Crippen LogP contribution in [-0.2, 0) is 6.18 Å². The Morgan fingerprint density at radius 1 is 0.625 bits per heavy atom. The van der Waals surface area contributed by atoms with E-state index in [0.29, 0.717) is 0 Å². The van der Waals surface area contributed by atoms with Crippen LogP contribution in [-0.4, -0.2) is 0 Å². The highest BCUT2D eigenvalue weighted by molar-refractivity contribution is 5.78. The molecule has 0 amide bonds. The van der Waals surface area contributed by atoms with Crippen LogP contribution < -0.4 is 0 Å². The third-order valence-electron chi connectivity index (χ3n) is 4.22. The van der Waals surface area contributed by atoms with E-state index in [0.717, 1.165) is 39.9 Å². The fraction of sp³-hybridized carbons (Fsp3) is 0.143. The van der Waals surface area contributed by atoms with Crippen LogP contribution in [0, 0.1) is 13.8 Å². The van der Waals surface area contributed by atoms with Crippen molar-refractivity contribution in [2.45, 2.75) is 20.0 Å². The minimum atomic E-state index is -4.31. The minimum absolute atomic E-state index is 0.626. The molecule has 0 atom stereocenters. The fourth-order valence-electron chi connectivity index (χ4n) is 2.83. The Labute approximate surface area is 139 Å². The Kier molecular flexibility index (Phi) is 4.18. The summed E-state index contributed by atoms with van der Waals surface area (Å²) in [5, 5.41) is 0. The number of benzene rings is 3. The maximum atomic E-state index is 12.7. The van der Waals surface area contributed by atoms with Crippen molar-refractivity contribution in [3.05, 3.63) is 83.4 Å². The molecule has 0 spiro atoms. The first-order valence-electron chi connectivity index (χ1n) is 7.70. The van der Waals surface area contributed by atoms with Gasteiger partial charge in [0.25, 0.3) is 0 Å². The van der Waals surface area contributed by atoms with Crippen molar-refractivity contribution in [3.63, 3.8) is 0 Å². The first-order chi connectivity index (χ1) is 11.4. The Morgan fingerprint density at radius 3 is 1.54 bits per heavy atom. The fourth-order valence-corrected chi connectivity index (χ4v) is 2.83. The summed E-state index contributed by atoms with van der Waals surface area (Å²) in [5.41, 5.74) is 5.55. The summed E-state index contributed by atoms with van der Waals surface area (Å²) < 4.78 is 38.2. The first-order valence-corrected chi connectivity index (χ1v) is 7.70. The zero-order valence-electron chi connectivity index (χ0n) is 13.5. The molecule has 0 saturated heterocycles. The predicted octanol–water partition coefficient (Wildman–Crippen LogP) is 6.66. The molecule has 0 bridgehead atoms. The van der Waals surface area contributed by atoms with Crippen molar-refractivity contribution in [1.82, 2.24) is 0 Å². The number of halogens is 3. The van der Waals surface area contributed by atoms with Crippen LogP contribution in [0.3, 0.4) is 0 Å². The first kappa shape index (κ1) is 16.3. The highest BCUT2D eigenvalue weighted by atomic mass is 19.4. The van der Waals surface area contributed by atoms with E-state index in [4.69, 9.17) is 0 Å². The van der Waals surface area contributed by atoms with Crippen molar-refractivity contribution in [2.24, 2.45) is 0 Å². The molecule has 0 nitrogen and oxygen atoms in total. The zero-order valence-corrected chi connectivity index (χ0v) is 13.5. The molecule has 0 aliphatic heterocycles. The Balaban J connectivity index is 2.03. The lowest BCUT2D eigenvalue weighted by atomic mass is 9.92. The summed E-state index contributed by atoms with van der Waals surface area (Å²) in [6.07, 6.45) is -4.31. The zero-order chi connectivity index (χ0) is 17.3. The van der Waals surface area contributed by atoms with Crippen molar-refractivity contribution in [2.75, 3.05) is 0 Å². The molecular formula is C21H17F3. The molecular weight excluding hydrogens is 309 g/mol. The summed E-state index contributed by atoms with van der Waals surface area (Å²) in [5.74, 6) is 0. The topological polar surface area (TPSA) is 0 Å². The average Bonchev–Trinajstić information content (AvgIpc) is 2.55. The number of alkyl halides is 3. The third-order valence-corrected chi connectivity index (χ3v) is 4.22. The molecule has 3 aromatic rings. The summed E-state index contributed by atoms with van der Waals surface area (Å²) in [6.45, 7) is 4.04. The smallest absolute Gasteiger partial charge is 0.166 e. The average molecular weight is 326 g/mol. The lowest BCUT2D eigenvalue weighted by molar-refractivity contribution is -0.137. The Morgan fingerprint density at radius 2 is 1.08 bits per heavy atom. The van der Waals surface area contributed by atoms with Gasteiger partial charge in [-0.3, -0.25) is 0 Å². The van der Waals surface area contributed by atoms with Gasteiger partial charge in [-0.15, -0.1) is 0 Å². The lowest BCUT2D eigenvalue weighted by Crippen LogP contribution is -2.04. The van der Waals surface area contributed by atoms with Crippen molar-refractivity contribution >= 4 is 0 Å². The Hall–Kier alpha value is -2.55. The van der Waals surface area contributed by atoms with Gasteiger partial charge in [-0.1, -0.05) is 60.2 Å². The number of hydrogen-bond acceptors (Lipinski definition) is 0. The largest absolute Gasteiger partial charge is 0.416 e. The molecule has 3 aromatic carbocycles. The second kappa shape index (κ2) is 6.16. The second-order valence-electron chi connectivity index (χ2n) is 5.92. The van der Waals surface area contributed by atoms with Gasteiger partial charge >= 0.3 is 6.18 Å². The molecule has 0 unspecified atom stereocenters. The van der Waals surface area contributed by atoms with E-state index in [-0.39, 0.29) is 0 Å². The van der Waals surface area contributed by atoms with Gasteiger partial charge in [0.1, 0.15) is 0 Å². The normalized spacial score (nSPS) is 11.5. The summed E-state index contributed by atoms with van der Waals surface area (Å²) >= 11 is 0. The summed E-state index contributed by atoms with van der Waals surface area (Å²) in [6, 6.07) is 19.5. The lowest BCUT2D eigenvalue weighted by Gasteiger charge is -2.13. The standard InChI is InChI=1S/C21H17F3/c1-14-6-8-16(9-7-14)19-4-3-5-20(15(19)2)17-10-12-18(13-11-17)21(22,23)24/h3-13H,1-2H3. The van der Waals surface area contributed by atoms with E-state index in [1.165, 1.54) is 17.7 Å². The van der Waals surface area contributed by atoms with E-state index >= 15 is 0 Å². The Bertz CT molecular complexity index is 842. The molecule has 3 heteroatoms. The molecule has 0 N–H and O–H groups in total. The van der Waals surface area contributed by atoms with Crippen LogP contribution in [0.4, 0.5) is 13.2 Å². The molecule has 0 aliphatic rings. The highest BCUT2D eigenvalue weighted by Gasteiger charge is 2.30. The van der Waals surface area contributed by atoms with Crippen LogP contribution in [0.1, 0.15) is 16.7 Å². The van der Waals surface area contributed by atoms with Gasteiger partial charge in [0.15, 0.2) is 0 Å². The van der Waals surface area contributed by atoms with E-state index in [9.17, 15) is 13.2 Å². The monoisotopic (exact) mass is 326 g/mol. The van der Waals surface area contributed by atoms with Crippen LogP contribution in [0.25, 0.3) is 22.3 Å². The molecule has 3 rings (SSSR count). The number of rotatable bonds is 2. The quantitative estimate of drug-likeness (QED) is 0.494. The maximum absolute atomic E-state index is 12.7. The van der Waals surface area contributed by atoms with Gasteiger partial charge in [0, 0.05) is 0 Å². The molecule has 0 fully saturated rings. The van der Waals surface area contributed by atoms with Crippen LogP contribution in [0.15, 0.2) is 66.7 Å². The molecule has 0 radical (unpaired) electrons. The van der Waals surface area contributed by atoms with Gasteiger partial charge in [0.2, 0.25) is 0 Å². The number of hydrogen-bond donors (Lipinski definition) is 0. The van der Waals surface area contributed by atoms with E-state index in [2.05, 4.69) is 24.3 Å². The molecule has 122 valence electrons. The molecule has 24 heavy (non-hydrogen) atoms. The van der Waals surface area contributed by atoms with Gasteiger partial charge < -0.3 is 0 Å². The van der Waals surface area contributed by atoms with Crippen molar-refractivity contribution in [1.29, 1.82) is 0 Å². The molecule has 0 aliphatic carbocycles. The van der Waals surface area contributed by atoms with E-state index in [1.54, 1.807) is 0 Å². The minimum Gasteiger partial charge on any atom is -0.166 e. The van der Waals surface area contributed by atoms with Gasteiger partial charge in [0.05, 0.1) is 5.56 Å². The molecule has 0 heterocycles. The van der Waals surface area contributed by atoms with Crippen LogP contribution >= 0.6 is 0 Å².